The number of alkyl halides is 3. The van der Waals surface area contributed by atoms with E-state index in [-0.39, 0.29) is 11.8 Å². The minimum Gasteiger partial charge on any atom is -0.346 e. The van der Waals surface area contributed by atoms with Crippen LogP contribution in [0.4, 0.5) is 19.0 Å². The first-order chi connectivity index (χ1) is 12.8. The normalized spacial score (nSPS) is 18.1. The Morgan fingerprint density at radius 2 is 2.11 bits per heavy atom. The van der Waals surface area contributed by atoms with Gasteiger partial charge in [0.1, 0.15) is 18.5 Å². The zero-order valence-electron chi connectivity index (χ0n) is 14.9. The van der Waals surface area contributed by atoms with Crippen molar-refractivity contribution in [1.82, 2.24) is 34.3 Å². The first kappa shape index (κ1) is 17.7. The Balaban J connectivity index is 1.79. The van der Waals surface area contributed by atoms with E-state index >= 15 is 0 Å². The lowest BCUT2D eigenvalue weighted by molar-refractivity contribution is -0.141. The molecule has 1 unspecified atom stereocenters. The summed E-state index contributed by atoms with van der Waals surface area (Å²) in [6.07, 6.45) is -0.0754. The van der Waals surface area contributed by atoms with E-state index in [1.54, 1.807) is 6.33 Å². The fourth-order valence-corrected chi connectivity index (χ4v) is 3.51. The Kier molecular flexibility index (Phi) is 4.23. The van der Waals surface area contributed by atoms with Gasteiger partial charge < -0.3 is 9.47 Å². The van der Waals surface area contributed by atoms with Gasteiger partial charge in [-0.25, -0.2) is 4.98 Å². The number of fused-ring (bicyclic) bond motifs is 1. The van der Waals surface area contributed by atoms with Crippen LogP contribution in [0.25, 0.3) is 5.78 Å². The number of hydrogen-bond donors (Lipinski definition) is 0. The predicted octanol–water partition coefficient (Wildman–Crippen LogP) is 2.73. The minimum absolute atomic E-state index is 0.0749. The van der Waals surface area contributed by atoms with Gasteiger partial charge in [0.05, 0.1) is 6.04 Å². The van der Waals surface area contributed by atoms with Crippen LogP contribution >= 0.6 is 0 Å². The molecule has 3 aromatic rings. The van der Waals surface area contributed by atoms with Crippen molar-refractivity contribution in [2.24, 2.45) is 5.92 Å². The molecule has 1 aliphatic heterocycles. The molecule has 3 aromatic heterocycles. The molecule has 0 saturated carbocycles. The molecule has 4 heterocycles. The third-order valence-electron chi connectivity index (χ3n) is 4.58. The lowest BCUT2D eigenvalue weighted by atomic mass is 10.2. The van der Waals surface area contributed by atoms with E-state index < -0.39 is 11.9 Å². The molecule has 1 atom stereocenters. The van der Waals surface area contributed by atoms with Gasteiger partial charge in [-0.15, -0.1) is 10.2 Å². The molecule has 1 fully saturated rings. The fraction of sp³-hybridized carbons (Fsp3) is 0.562. The second-order valence-corrected chi connectivity index (χ2v) is 7.06. The van der Waals surface area contributed by atoms with Gasteiger partial charge in [0.15, 0.2) is 11.5 Å². The third-order valence-corrected chi connectivity index (χ3v) is 4.58. The van der Waals surface area contributed by atoms with Crippen LogP contribution in [0.2, 0.25) is 0 Å². The SMILES string of the molecule is CC(C)Cn1cnnc1C1CCCN1c1cc(C(F)(F)F)nc2ncnn12. The van der Waals surface area contributed by atoms with Crippen molar-refractivity contribution < 1.29 is 13.2 Å². The summed E-state index contributed by atoms with van der Waals surface area (Å²) in [4.78, 5) is 9.33. The number of halogens is 3. The van der Waals surface area contributed by atoms with Gasteiger partial charge in [-0.05, 0) is 18.8 Å². The highest BCUT2D eigenvalue weighted by molar-refractivity contribution is 5.50. The highest BCUT2D eigenvalue weighted by Gasteiger charge is 2.37. The maximum absolute atomic E-state index is 13.3. The minimum atomic E-state index is -4.56. The lowest BCUT2D eigenvalue weighted by Crippen LogP contribution is -2.28. The van der Waals surface area contributed by atoms with Crippen molar-refractivity contribution in [2.45, 2.75) is 45.5 Å². The van der Waals surface area contributed by atoms with Gasteiger partial charge in [0, 0.05) is 19.2 Å². The first-order valence-electron chi connectivity index (χ1n) is 8.77. The number of rotatable bonds is 4. The topological polar surface area (TPSA) is 77.0 Å². The van der Waals surface area contributed by atoms with Crippen LogP contribution in [0.15, 0.2) is 18.7 Å². The summed E-state index contributed by atoms with van der Waals surface area (Å²) in [5, 5.41) is 12.3. The summed E-state index contributed by atoms with van der Waals surface area (Å²) in [6, 6.07) is 0.852. The van der Waals surface area contributed by atoms with Crippen molar-refractivity contribution in [3.8, 4) is 0 Å². The van der Waals surface area contributed by atoms with Crippen LogP contribution in [0.3, 0.4) is 0 Å². The van der Waals surface area contributed by atoms with Crippen LogP contribution in [0.5, 0.6) is 0 Å². The molecular weight excluding hydrogens is 361 g/mol. The second-order valence-electron chi connectivity index (χ2n) is 7.06. The molecule has 0 amide bonds. The monoisotopic (exact) mass is 380 g/mol. The van der Waals surface area contributed by atoms with E-state index in [1.165, 1.54) is 10.8 Å². The van der Waals surface area contributed by atoms with E-state index in [9.17, 15) is 13.2 Å². The van der Waals surface area contributed by atoms with Crippen LogP contribution in [-0.2, 0) is 12.7 Å². The largest absolute Gasteiger partial charge is 0.433 e. The number of nitrogens with zero attached hydrogens (tertiary/aromatic N) is 8. The Morgan fingerprint density at radius 3 is 2.85 bits per heavy atom. The van der Waals surface area contributed by atoms with Gasteiger partial charge in [0.25, 0.3) is 5.78 Å². The Morgan fingerprint density at radius 1 is 1.30 bits per heavy atom. The van der Waals surface area contributed by atoms with E-state index in [0.717, 1.165) is 31.3 Å². The number of anilines is 1. The van der Waals surface area contributed by atoms with Crippen molar-refractivity contribution in [1.29, 1.82) is 0 Å². The average molecular weight is 380 g/mol. The predicted molar refractivity (Wildman–Crippen MR) is 90.0 cm³/mol. The fourth-order valence-electron chi connectivity index (χ4n) is 3.51. The molecule has 1 saturated heterocycles. The molecule has 0 spiro atoms. The zero-order chi connectivity index (χ0) is 19.2. The summed E-state index contributed by atoms with van der Waals surface area (Å²) >= 11 is 0. The van der Waals surface area contributed by atoms with E-state index in [2.05, 4.69) is 39.1 Å². The van der Waals surface area contributed by atoms with Gasteiger partial charge in [-0.2, -0.15) is 27.8 Å². The smallest absolute Gasteiger partial charge is 0.346 e. The number of hydrogen-bond acceptors (Lipinski definition) is 6. The average Bonchev–Trinajstić information content (AvgIpc) is 3.32. The molecule has 27 heavy (non-hydrogen) atoms. The molecule has 4 rings (SSSR count). The maximum atomic E-state index is 13.3. The van der Waals surface area contributed by atoms with Crippen molar-refractivity contribution >= 4 is 11.6 Å². The Labute approximate surface area is 153 Å². The molecule has 11 heteroatoms. The molecular formula is C16H19F3N8. The van der Waals surface area contributed by atoms with E-state index in [0.29, 0.717) is 18.3 Å². The second kappa shape index (κ2) is 6.46. The van der Waals surface area contributed by atoms with E-state index in [4.69, 9.17) is 0 Å². The summed E-state index contributed by atoms with van der Waals surface area (Å²) in [7, 11) is 0. The highest BCUT2D eigenvalue weighted by Crippen LogP contribution is 2.37. The van der Waals surface area contributed by atoms with Crippen LogP contribution in [0.1, 0.15) is 44.2 Å². The summed E-state index contributed by atoms with van der Waals surface area (Å²) in [5.74, 6) is 1.38. The van der Waals surface area contributed by atoms with Crippen LogP contribution in [-0.4, -0.2) is 40.9 Å². The summed E-state index contributed by atoms with van der Waals surface area (Å²) in [5.41, 5.74) is -0.979. The van der Waals surface area contributed by atoms with Gasteiger partial charge >= 0.3 is 6.18 Å². The maximum Gasteiger partial charge on any atom is 0.433 e. The Hall–Kier alpha value is -2.72. The molecule has 1 aliphatic rings. The highest BCUT2D eigenvalue weighted by atomic mass is 19.4. The molecule has 144 valence electrons. The molecule has 8 nitrogen and oxygen atoms in total. The lowest BCUT2D eigenvalue weighted by Gasteiger charge is -2.27. The van der Waals surface area contributed by atoms with Crippen LogP contribution < -0.4 is 4.90 Å². The summed E-state index contributed by atoms with van der Waals surface area (Å²) in [6.45, 7) is 5.52. The van der Waals surface area contributed by atoms with Gasteiger partial charge in [-0.1, -0.05) is 13.8 Å². The van der Waals surface area contributed by atoms with Gasteiger partial charge in [-0.3, -0.25) is 0 Å². The van der Waals surface area contributed by atoms with E-state index in [1.807, 2.05) is 9.47 Å². The first-order valence-corrected chi connectivity index (χ1v) is 8.77. The van der Waals surface area contributed by atoms with Crippen LogP contribution in [0, 0.1) is 5.92 Å². The van der Waals surface area contributed by atoms with Crippen molar-refractivity contribution in [3.63, 3.8) is 0 Å². The van der Waals surface area contributed by atoms with Crippen molar-refractivity contribution in [3.05, 3.63) is 30.2 Å². The van der Waals surface area contributed by atoms with Gasteiger partial charge in [0.2, 0.25) is 0 Å². The molecule has 0 radical (unpaired) electrons. The molecule has 0 aliphatic carbocycles. The zero-order valence-corrected chi connectivity index (χ0v) is 14.9. The standard InChI is InChI=1S/C16H19F3N8/c1-10(2)7-25-9-21-24-14(25)11-4-3-5-26(11)13-6-12(16(17,18)19)23-15-20-8-22-27(13)15/h6,8-11H,3-5,7H2,1-2H3. The molecule has 0 bridgehead atoms. The summed E-state index contributed by atoms with van der Waals surface area (Å²) < 4.78 is 43.2. The van der Waals surface area contributed by atoms with Crippen molar-refractivity contribution in [2.75, 3.05) is 11.4 Å². The molecule has 0 N–H and O–H groups in total. The Bertz CT molecular complexity index is 945. The molecule has 0 aromatic carbocycles. The third kappa shape index (κ3) is 3.21. The number of aromatic nitrogens is 7. The quantitative estimate of drug-likeness (QED) is 0.693.